The highest BCUT2D eigenvalue weighted by atomic mass is 79.9. The Balaban J connectivity index is 2.81. The molecule has 0 spiro atoms. The maximum Gasteiger partial charge on any atom is 0.129 e. The second-order valence-corrected chi connectivity index (χ2v) is 3.99. The predicted octanol–water partition coefficient (Wildman–Crippen LogP) is 1.36. The Bertz CT molecular complexity index is 295. The van der Waals surface area contributed by atoms with E-state index >= 15 is 0 Å². The number of aromatic nitrogens is 1. The van der Waals surface area contributed by atoms with Crippen LogP contribution in [0.15, 0.2) is 16.7 Å². The minimum atomic E-state index is -0.255. The summed E-state index contributed by atoms with van der Waals surface area (Å²) in [5, 5.41) is 9.20. The zero-order valence-electron chi connectivity index (χ0n) is 6.87. The molecule has 1 rings (SSSR count). The first-order chi connectivity index (χ1) is 6.13. The van der Waals surface area contributed by atoms with Crippen LogP contribution in [0.3, 0.4) is 0 Å². The molecule has 0 bridgehead atoms. The van der Waals surface area contributed by atoms with Crippen LogP contribution in [0.5, 0.6) is 0 Å². The van der Waals surface area contributed by atoms with Gasteiger partial charge in [-0.15, -0.1) is 0 Å². The van der Waals surface area contributed by atoms with Crippen LogP contribution in [-0.4, -0.2) is 22.7 Å². The first kappa shape index (κ1) is 10.9. The fourth-order valence-electron chi connectivity index (χ4n) is 0.955. The summed E-state index contributed by atoms with van der Waals surface area (Å²) in [4.78, 5) is 3.89. The quantitative estimate of drug-likeness (QED) is 0.811. The number of hydrogen-bond donors (Lipinski definition) is 2. The highest BCUT2D eigenvalue weighted by Crippen LogP contribution is 2.19. The number of nitrogens with zero attached hydrogens (tertiary/aromatic N) is 1. The monoisotopic (exact) mass is 264 g/mol. The van der Waals surface area contributed by atoms with Crippen molar-refractivity contribution in [1.82, 2.24) is 4.98 Å². The van der Waals surface area contributed by atoms with Crippen LogP contribution in [0.25, 0.3) is 0 Å². The smallest absolute Gasteiger partial charge is 0.129 e. The molecule has 0 aromatic carbocycles. The van der Waals surface area contributed by atoms with Crippen molar-refractivity contribution in [3.8, 4) is 0 Å². The molecule has 13 heavy (non-hydrogen) atoms. The fraction of sp³-hybridized carbons (Fsp3) is 0.375. The molecule has 5 heteroatoms. The average molecular weight is 266 g/mol. The third-order valence-electron chi connectivity index (χ3n) is 1.62. The number of aliphatic hydroxyl groups is 1. The summed E-state index contributed by atoms with van der Waals surface area (Å²) < 4.78 is 0.862. The first-order valence-electron chi connectivity index (χ1n) is 3.80. The predicted molar refractivity (Wildman–Crippen MR) is 55.7 cm³/mol. The second-order valence-electron chi connectivity index (χ2n) is 2.75. The Morgan fingerprint density at radius 1 is 1.69 bits per heavy atom. The van der Waals surface area contributed by atoms with Crippen LogP contribution in [0.4, 0.5) is 0 Å². The van der Waals surface area contributed by atoms with Crippen LogP contribution in [0.1, 0.15) is 5.56 Å². The molecule has 1 aromatic rings. The van der Waals surface area contributed by atoms with Gasteiger partial charge in [-0.2, -0.15) is 0 Å². The topological polar surface area (TPSA) is 59.1 Å². The Kier molecular flexibility index (Phi) is 4.12. The van der Waals surface area contributed by atoms with Crippen LogP contribution in [-0.2, 0) is 6.42 Å². The van der Waals surface area contributed by atoms with E-state index in [9.17, 15) is 0 Å². The van der Waals surface area contributed by atoms with E-state index in [1.807, 2.05) is 0 Å². The van der Waals surface area contributed by atoms with Gasteiger partial charge in [-0.25, -0.2) is 4.98 Å². The molecule has 1 heterocycles. The van der Waals surface area contributed by atoms with Crippen molar-refractivity contribution in [2.75, 3.05) is 6.61 Å². The molecule has 1 aromatic heterocycles. The van der Waals surface area contributed by atoms with Gasteiger partial charge in [0.15, 0.2) is 0 Å². The molecule has 72 valence electrons. The third-order valence-corrected chi connectivity index (χ3v) is 2.54. The van der Waals surface area contributed by atoms with Gasteiger partial charge in [0.2, 0.25) is 0 Å². The highest BCUT2D eigenvalue weighted by molar-refractivity contribution is 9.10. The van der Waals surface area contributed by atoms with Crippen molar-refractivity contribution in [3.63, 3.8) is 0 Å². The lowest BCUT2D eigenvalue weighted by Crippen LogP contribution is -2.27. The zero-order chi connectivity index (χ0) is 9.84. The molecule has 0 aliphatic rings. The maximum atomic E-state index is 8.77. The van der Waals surface area contributed by atoms with E-state index in [1.54, 1.807) is 12.3 Å². The van der Waals surface area contributed by atoms with Gasteiger partial charge >= 0.3 is 0 Å². The van der Waals surface area contributed by atoms with Crippen molar-refractivity contribution in [2.45, 2.75) is 12.5 Å². The number of pyridine rings is 1. The molecular formula is C8H10BrClN2O. The van der Waals surface area contributed by atoms with Crippen molar-refractivity contribution >= 4 is 27.5 Å². The van der Waals surface area contributed by atoms with E-state index < -0.39 is 0 Å². The minimum Gasteiger partial charge on any atom is -0.395 e. The summed E-state index contributed by atoms with van der Waals surface area (Å²) in [5.41, 5.74) is 6.55. The van der Waals surface area contributed by atoms with E-state index in [0.717, 1.165) is 10.0 Å². The summed E-state index contributed by atoms with van der Waals surface area (Å²) in [6.45, 7) is -0.0353. The minimum absolute atomic E-state index is 0.0353. The molecule has 0 aliphatic heterocycles. The lowest BCUT2D eigenvalue weighted by atomic mass is 10.1. The Morgan fingerprint density at radius 2 is 2.38 bits per heavy atom. The van der Waals surface area contributed by atoms with Gasteiger partial charge in [-0.05, 0) is 34.0 Å². The standard InChI is InChI=1S/C8H10BrClN2O/c9-7-3-12-8(10)2-5(7)1-6(11)4-13/h2-3,6,13H,1,4,11H2. The molecule has 1 unspecified atom stereocenters. The van der Waals surface area contributed by atoms with E-state index in [4.69, 9.17) is 22.4 Å². The molecule has 0 radical (unpaired) electrons. The van der Waals surface area contributed by atoms with Gasteiger partial charge in [0.25, 0.3) is 0 Å². The number of halogens is 2. The van der Waals surface area contributed by atoms with Gasteiger partial charge in [0, 0.05) is 16.7 Å². The molecular weight excluding hydrogens is 255 g/mol. The van der Waals surface area contributed by atoms with E-state index in [-0.39, 0.29) is 12.6 Å². The number of hydrogen-bond acceptors (Lipinski definition) is 3. The van der Waals surface area contributed by atoms with Crippen molar-refractivity contribution in [3.05, 3.63) is 27.5 Å². The summed E-state index contributed by atoms with van der Waals surface area (Å²) in [7, 11) is 0. The van der Waals surface area contributed by atoms with Crippen molar-refractivity contribution in [1.29, 1.82) is 0 Å². The van der Waals surface area contributed by atoms with Gasteiger partial charge in [-0.1, -0.05) is 11.6 Å². The molecule has 1 atom stereocenters. The van der Waals surface area contributed by atoms with Crippen LogP contribution in [0, 0.1) is 0 Å². The fourth-order valence-corrected chi connectivity index (χ4v) is 1.51. The van der Waals surface area contributed by atoms with Gasteiger partial charge in [0.1, 0.15) is 5.15 Å². The van der Waals surface area contributed by atoms with Crippen LogP contribution < -0.4 is 5.73 Å². The molecule has 3 N–H and O–H groups in total. The largest absolute Gasteiger partial charge is 0.395 e. The third kappa shape index (κ3) is 3.23. The Labute approximate surface area is 90.1 Å². The second kappa shape index (κ2) is 4.91. The van der Waals surface area contributed by atoms with Gasteiger partial charge < -0.3 is 10.8 Å². The zero-order valence-corrected chi connectivity index (χ0v) is 9.22. The molecule has 0 saturated heterocycles. The molecule has 0 amide bonds. The molecule has 3 nitrogen and oxygen atoms in total. The summed E-state index contributed by atoms with van der Waals surface area (Å²) in [6.07, 6.45) is 2.21. The van der Waals surface area contributed by atoms with Crippen molar-refractivity contribution in [2.24, 2.45) is 5.73 Å². The normalized spacial score (nSPS) is 12.9. The lowest BCUT2D eigenvalue weighted by molar-refractivity contribution is 0.265. The summed E-state index contributed by atoms with van der Waals surface area (Å²) in [6, 6.07) is 1.48. The summed E-state index contributed by atoms with van der Waals surface area (Å²) in [5.74, 6) is 0. The average Bonchev–Trinajstić information content (AvgIpc) is 2.11. The molecule has 0 aliphatic carbocycles. The number of rotatable bonds is 3. The first-order valence-corrected chi connectivity index (χ1v) is 4.97. The summed E-state index contributed by atoms with van der Waals surface area (Å²) >= 11 is 9.04. The van der Waals surface area contributed by atoms with Crippen LogP contribution >= 0.6 is 27.5 Å². The Hall–Kier alpha value is -0.160. The maximum absolute atomic E-state index is 8.77. The van der Waals surface area contributed by atoms with E-state index in [0.29, 0.717) is 11.6 Å². The lowest BCUT2D eigenvalue weighted by Gasteiger charge is -2.09. The molecule has 0 saturated carbocycles. The van der Waals surface area contributed by atoms with E-state index in [1.165, 1.54) is 0 Å². The highest BCUT2D eigenvalue weighted by Gasteiger charge is 2.06. The number of aliphatic hydroxyl groups excluding tert-OH is 1. The van der Waals surface area contributed by atoms with E-state index in [2.05, 4.69) is 20.9 Å². The van der Waals surface area contributed by atoms with Crippen LogP contribution in [0.2, 0.25) is 5.15 Å². The van der Waals surface area contributed by atoms with Gasteiger partial charge in [0.05, 0.1) is 6.61 Å². The SMILES string of the molecule is NC(CO)Cc1cc(Cl)ncc1Br. The Morgan fingerprint density at radius 3 is 3.00 bits per heavy atom. The number of nitrogens with two attached hydrogens (primary N) is 1. The molecule has 0 fully saturated rings. The van der Waals surface area contributed by atoms with Gasteiger partial charge in [-0.3, -0.25) is 0 Å². The van der Waals surface area contributed by atoms with Crippen molar-refractivity contribution < 1.29 is 5.11 Å².